The molecule has 0 atom stereocenters. The fourth-order valence-electron chi connectivity index (χ4n) is 4.94. The van der Waals surface area contributed by atoms with Crippen molar-refractivity contribution in [2.45, 2.75) is 0 Å². The Morgan fingerprint density at radius 2 is 1.06 bits per heavy atom. The van der Waals surface area contributed by atoms with Crippen LogP contribution in [0.1, 0.15) is 0 Å². The van der Waals surface area contributed by atoms with Gasteiger partial charge in [-0.1, -0.05) is 48.5 Å². The first-order chi connectivity index (χ1) is 16.8. The highest BCUT2D eigenvalue weighted by molar-refractivity contribution is 6.19. The number of pyridine rings is 2. The lowest BCUT2D eigenvalue weighted by molar-refractivity contribution is -0.481. The van der Waals surface area contributed by atoms with E-state index in [9.17, 15) is 0 Å². The third-order valence-corrected chi connectivity index (χ3v) is 6.54. The van der Waals surface area contributed by atoms with E-state index in [0.717, 1.165) is 22.6 Å². The number of fused-ring (bicyclic) bond motifs is 4. The van der Waals surface area contributed by atoms with Crippen LogP contribution in [-0.2, 0) is 0 Å². The molecule has 0 saturated heterocycles. The van der Waals surface area contributed by atoms with E-state index in [4.69, 9.17) is 9.47 Å². The number of aromatic nitrogens is 1. The minimum absolute atomic E-state index is 0.852. The van der Waals surface area contributed by atoms with Gasteiger partial charge in [0.25, 0.3) is 0 Å². The molecule has 0 aliphatic rings. The lowest BCUT2D eigenvalue weighted by atomic mass is 9.87. The van der Waals surface area contributed by atoms with E-state index in [0.29, 0.717) is 0 Å². The summed E-state index contributed by atoms with van der Waals surface area (Å²) in [7, 11) is 3.40. The standard InChI is InChI=1S/C31H24NO2/c1-33-24-15-10-21(11-16-24)29-26-8-3-4-9-27(26)30(22-12-17-25(34-2)18-13-22)31-28(29)19-14-23-7-5-6-20-32(23)31/h3-20H,1-2H3/q+1. The average molecular weight is 443 g/mol. The van der Waals surface area contributed by atoms with Gasteiger partial charge in [0.1, 0.15) is 11.5 Å². The van der Waals surface area contributed by atoms with Gasteiger partial charge in [0.05, 0.1) is 25.2 Å². The molecule has 0 fully saturated rings. The highest BCUT2D eigenvalue weighted by atomic mass is 16.5. The lowest BCUT2D eigenvalue weighted by Gasteiger charge is -2.16. The van der Waals surface area contributed by atoms with Crippen LogP contribution in [0, 0.1) is 0 Å². The van der Waals surface area contributed by atoms with Crippen LogP contribution in [0.3, 0.4) is 0 Å². The molecule has 2 heterocycles. The normalized spacial score (nSPS) is 11.2. The molecule has 4 aromatic carbocycles. The summed E-state index contributed by atoms with van der Waals surface area (Å²) in [6.45, 7) is 0. The van der Waals surface area contributed by atoms with Crippen LogP contribution in [-0.4, -0.2) is 14.2 Å². The van der Waals surface area contributed by atoms with Crippen LogP contribution in [0.25, 0.3) is 49.4 Å². The molecular weight excluding hydrogens is 418 g/mol. The molecule has 3 nitrogen and oxygen atoms in total. The molecule has 0 saturated carbocycles. The zero-order chi connectivity index (χ0) is 23.1. The smallest absolute Gasteiger partial charge is 0.227 e. The number of ether oxygens (including phenoxy) is 2. The topological polar surface area (TPSA) is 22.6 Å². The zero-order valence-electron chi connectivity index (χ0n) is 19.2. The number of methoxy groups -OCH3 is 2. The molecule has 0 aliphatic heterocycles. The summed E-state index contributed by atoms with van der Waals surface area (Å²) in [5, 5.41) is 3.65. The number of rotatable bonds is 4. The van der Waals surface area contributed by atoms with E-state index in [1.54, 1.807) is 14.2 Å². The number of benzene rings is 4. The maximum atomic E-state index is 5.43. The predicted octanol–water partition coefficient (Wildman–Crippen LogP) is 7.08. The Labute approximate surface area is 198 Å². The molecule has 0 amide bonds. The van der Waals surface area contributed by atoms with Crippen molar-refractivity contribution in [1.29, 1.82) is 0 Å². The molecular formula is C31H24NO2+. The predicted molar refractivity (Wildman–Crippen MR) is 139 cm³/mol. The first kappa shape index (κ1) is 20.3. The van der Waals surface area contributed by atoms with E-state index in [2.05, 4.69) is 89.5 Å². The second kappa shape index (κ2) is 8.20. The van der Waals surface area contributed by atoms with E-state index in [-0.39, 0.29) is 0 Å². The second-order valence-corrected chi connectivity index (χ2v) is 8.34. The van der Waals surface area contributed by atoms with Gasteiger partial charge >= 0.3 is 0 Å². The molecule has 0 spiro atoms. The van der Waals surface area contributed by atoms with Crippen molar-refractivity contribution in [2.75, 3.05) is 14.2 Å². The maximum absolute atomic E-state index is 5.43. The van der Waals surface area contributed by atoms with E-state index in [1.807, 2.05) is 24.3 Å². The Kier molecular flexibility index (Phi) is 4.88. The molecule has 3 heteroatoms. The Bertz CT molecular complexity index is 1650. The van der Waals surface area contributed by atoms with E-state index >= 15 is 0 Å². The molecule has 0 bridgehead atoms. The molecule has 0 radical (unpaired) electrons. The number of hydrogen-bond acceptors (Lipinski definition) is 2. The summed E-state index contributed by atoms with van der Waals surface area (Å²) < 4.78 is 13.1. The molecule has 6 rings (SSSR count). The van der Waals surface area contributed by atoms with Crippen molar-refractivity contribution in [1.82, 2.24) is 0 Å². The second-order valence-electron chi connectivity index (χ2n) is 8.34. The highest BCUT2D eigenvalue weighted by Gasteiger charge is 2.23. The Morgan fingerprint density at radius 1 is 0.500 bits per heavy atom. The van der Waals surface area contributed by atoms with Gasteiger partial charge in [0, 0.05) is 23.8 Å². The van der Waals surface area contributed by atoms with Crippen LogP contribution in [0.15, 0.2) is 109 Å². The maximum Gasteiger partial charge on any atom is 0.227 e. The minimum Gasteiger partial charge on any atom is -0.497 e. The monoisotopic (exact) mass is 442 g/mol. The van der Waals surface area contributed by atoms with Crippen molar-refractivity contribution in [3.63, 3.8) is 0 Å². The van der Waals surface area contributed by atoms with Crippen molar-refractivity contribution < 1.29 is 13.9 Å². The summed E-state index contributed by atoms with van der Waals surface area (Å²) in [5.41, 5.74) is 7.11. The van der Waals surface area contributed by atoms with Crippen LogP contribution in [0.2, 0.25) is 0 Å². The molecule has 164 valence electrons. The Hall–Kier alpha value is -4.37. The molecule has 6 aromatic rings. The van der Waals surface area contributed by atoms with Crippen LogP contribution in [0.5, 0.6) is 11.5 Å². The van der Waals surface area contributed by atoms with Gasteiger partial charge in [-0.25, -0.2) is 0 Å². The Morgan fingerprint density at radius 3 is 1.68 bits per heavy atom. The zero-order valence-corrected chi connectivity index (χ0v) is 19.2. The fraction of sp³-hybridized carbons (Fsp3) is 0.0645. The number of hydrogen-bond donors (Lipinski definition) is 0. The van der Waals surface area contributed by atoms with Crippen molar-refractivity contribution in [2.24, 2.45) is 0 Å². The first-order valence-electron chi connectivity index (χ1n) is 11.3. The molecule has 0 N–H and O–H groups in total. The van der Waals surface area contributed by atoms with Gasteiger partial charge in [0.2, 0.25) is 11.0 Å². The van der Waals surface area contributed by atoms with E-state index in [1.165, 1.54) is 38.4 Å². The third-order valence-electron chi connectivity index (χ3n) is 6.54. The average Bonchev–Trinajstić information content (AvgIpc) is 2.91. The van der Waals surface area contributed by atoms with Gasteiger partial charge in [-0.15, -0.1) is 0 Å². The van der Waals surface area contributed by atoms with Gasteiger partial charge in [-0.3, -0.25) is 0 Å². The van der Waals surface area contributed by atoms with Gasteiger partial charge in [-0.2, -0.15) is 4.40 Å². The third kappa shape index (κ3) is 3.17. The fourth-order valence-corrected chi connectivity index (χ4v) is 4.94. The first-order valence-corrected chi connectivity index (χ1v) is 11.3. The molecule has 34 heavy (non-hydrogen) atoms. The van der Waals surface area contributed by atoms with Gasteiger partial charge in [-0.05, 0) is 58.3 Å². The summed E-state index contributed by atoms with van der Waals surface area (Å²) in [6.07, 6.45) is 2.15. The SMILES string of the molecule is COc1ccc(-c2c3ccccc3c(-c3ccc(OC)cc3)c3c2ccc2cccc[n+]23)cc1. The number of nitrogens with zero attached hydrogens (tertiary/aromatic N) is 1. The van der Waals surface area contributed by atoms with Crippen LogP contribution in [0.4, 0.5) is 0 Å². The van der Waals surface area contributed by atoms with Gasteiger partial charge < -0.3 is 9.47 Å². The van der Waals surface area contributed by atoms with Crippen molar-refractivity contribution >= 4 is 27.2 Å². The summed E-state index contributed by atoms with van der Waals surface area (Å²) in [5.74, 6) is 1.71. The molecule has 0 unspecified atom stereocenters. The highest BCUT2D eigenvalue weighted by Crippen LogP contribution is 2.43. The minimum atomic E-state index is 0.852. The van der Waals surface area contributed by atoms with Crippen molar-refractivity contribution in [3.05, 3.63) is 109 Å². The van der Waals surface area contributed by atoms with Crippen LogP contribution < -0.4 is 13.9 Å². The van der Waals surface area contributed by atoms with Crippen molar-refractivity contribution in [3.8, 4) is 33.8 Å². The Balaban J connectivity index is 1.82. The lowest BCUT2D eigenvalue weighted by Crippen LogP contribution is -2.23. The largest absolute Gasteiger partial charge is 0.497 e. The van der Waals surface area contributed by atoms with E-state index < -0.39 is 0 Å². The summed E-state index contributed by atoms with van der Waals surface area (Å²) >= 11 is 0. The van der Waals surface area contributed by atoms with Gasteiger partial charge in [0.15, 0.2) is 6.20 Å². The molecule has 2 aromatic heterocycles. The quantitative estimate of drug-likeness (QED) is 0.165. The molecule has 0 aliphatic carbocycles. The van der Waals surface area contributed by atoms with Crippen LogP contribution >= 0.6 is 0 Å². The summed E-state index contributed by atoms with van der Waals surface area (Å²) in [4.78, 5) is 0. The summed E-state index contributed by atoms with van der Waals surface area (Å²) in [6, 6.07) is 36.2.